The van der Waals surface area contributed by atoms with Gasteiger partial charge in [-0.15, -0.1) is 0 Å². The fourth-order valence-electron chi connectivity index (χ4n) is 3.00. The van der Waals surface area contributed by atoms with Crippen molar-refractivity contribution in [1.29, 1.82) is 0 Å². The molecule has 7 nitrogen and oxygen atoms in total. The van der Waals surface area contributed by atoms with Gasteiger partial charge in [-0.25, -0.2) is 13.4 Å². The molecule has 0 aliphatic rings. The summed E-state index contributed by atoms with van der Waals surface area (Å²) >= 11 is 1.30. The Labute approximate surface area is 189 Å². The Morgan fingerprint density at radius 2 is 1.56 bits per heavy atom. The summed E-state index contributed by atoms with van der Waals surface area (Å²) in [7, 11) is -3.83. The molecule has 0 aliphatic carbocycles. The van der Waals surface area contributed by atoms with E-state index in [4.69, 9.17) is 0 Å². The molecule has 0 saturated heterocycles. The molecule has 0 fully saturated rings. The Morgan fingerprint density at radius 3 is 2.22 bits per heavy atom. The summed E-state index contributed by atoms with van der Waals surface area (Å²) in [4.78, 5) is 28.3. The summed E-state index contributed by atoms with van der Waals surface area (Å²) in [5.74, 6) is -0.403. The minimum Gasteiger partial charge on any atom is -0.298 e. The topological polar surface area (TPSA) is 105 Å². The molecule has 0 saturated carbocycles. The number of thiazole rings is 1. The molecule has 9 heteroatoms. The zero-order valence-electron chi connectivity index (χ0n) is 17.2. The molecule has 162 valence electrons. The fourth-order valence-corrected chi connectivity index (χ4v) is 4.89. The lowest BCUT2D eigenvalue weighted by Crippen LogP contribution is -2.13. The van der Waals surface area contributed by atoms with Crippen LogP contribution in [0.25, 0.3) is 10.2 Å². The predicted octanol–water partition coefficient (Wildman–Crippen LogP) is 4.86. The van der Waals surface area contributed by atoms with Crippen LogP contribution in [-0.4, -0.2) is 25.1 Å². The molecule has 1 heterocycles. The van der Waals surface area contributed by atoms with Gasteiger partial charge in [0.05, 0.1) is 20.8 Å². The zero-order valence-corrected chi connectivity index (χ0v) is 18.9. The Hall–Kier alpha value is -3.56. The number of amides is 1. The number of anilines is 2. The lowest BCUT2D eigenvalue weighted by atomic mass is 10.1. The monoisotopic (exact) mass is 465 g/mol. The SMILES string of the molecule is CC(=O)c1ccc(S(=O)(=O)Nc2ccc3sc(NC(=O)c4ccc(C)cc4)nc3c2)cc1. The maximum atomic E-state index is 12.7. The number of sulfonamides is 1. The number of fused-ring (bicyclic) bond motifs is 1. The molecule has 0 atom stereocenters. The highest BCUT2D eigenvalue weighted by Gasteiger charge is 2.16. The van der Waals surface area contributed by atoms with Crippen LogP contribution in [0.15, 0.2) is 71.6 Å². The van der Waals surface area contributed by atoms with E-state index in [2.05, 4.69) is 15.0 Å². The summed E-state index contributed by atoms with van der Waals surface area (Å²) in [5, 5.41) is 3.20. The molecular weight excluding hydrogens is 446 g/mol. The lowest BCUT2D eigenvalue weighted by Gasteiger charge is -2.08. The first-order valence-corrected chi connectivity index (χ1v) is 11.9. The Balaban J connectivity index is 1.53. The minimum absolute atomic E-state index is 0.0481. The van der Waals surface area contributed by atoms with Crippen molar-refractivity contribution in [3.8, 4) is 0 Å². The van der Waals surface area contributed by atoms with Crippen molar-refractivity contribution < 1.29 is 18.0 Å². The van der Waals surface area contributed by atoms with Crippen molar-refractivity contribution in [3.05, 3.63) is 83.4 Å². The number of nitrogens with zero attached hydrogens (tertiary/aromatic N) is 1. The van der Waals surface area contributed by atoms with Gasteiger partial charge in [-0.3, -0.25) is 19.6 Å². The van der Waals surface area contributed by atoms with Crippen molar-refractivity contribution in [2.75, 3.05) is 10.0 Å². The highest BCUT2D eigenvalue weighted by molar-refractivity contribution is 7.92. The van der Waals surface area contributed by atoms with Crippen LogP contribution in [0.2, 0.25) is 0 Å². The van der Waals surface area contributed by atoms with Crippen LogP contribution in [0, 0.1) is 6.92 Å². The van der Waals surface area contributed by atoms with E-state index in [0.29, 0.717) is 27.5 Å². The number of aromatic nitrogens is 1. The van der Waals surface area contributed by atoms with Gasteiger partial charge in [0, 0.05) is 11.1 Å². The van der Waals surface area contributed by atoms with Crippen LogP contribution < -0.4 is 10.0 Å². The third-order valence-corrected chi connectivity index (χ3v) is 7.09. The number of carbonyl (C=O) groups excluding carboxylic acids is 2. The molecule has 0 bridgehead atoms. The molecule has 0 spiro atoms. The van der Waals surface area contributed by atoms with Crippen molar-refractivity contribution in [2.24, 2.45) is 0 Å². The van der Waals surface area contributed by atoms with Crippen LogP contribution in [0.5, 0.6) is 0 Å². The average molecular weight is 466 g/mol. The van der Waals surface area contributed by atoms with Crippen molar-refractivity contribution in [1.82, 2.24) is 4.98 Å². The second-order valence-corrected chi connectivity index (χ2v) is 9.92. The number of hydrogen-bond donors (Lipinski definition) is 2. The number of Topliss-reactive ketones (excluding diaryl/α,β-unsaturated/α-hetero) is 1. The summed E-state index contributed by atoms with van der Waals surface area (Å²) in [6.07, 6.45) is 0. The number of ketones is 1. The van der Waals surface area contributed by atoms with E-state index in [1.807, 2.05) is 19.1 Å². The van der Waals surface area contributed by atoms with Crippen molar-refractivity contribution in [3.63, 3.8) is 0 Å². The van der Waals surface area contributed by atoms with Gasteiger partial charge >= 0.3 is 0 Å². The van der Waals surface area contributed by atoms with Crippen molar-refractivity contribution in [2.45, 2.75) is 18.7 Å². The Bertz CT molecular complexity index is 1420. The van der Waals surface area contributed by atoms with E-state index in [-0.39, 0.29) is 16.6 Å². The molecule has 1 amide bonds. The van der Waals surface area contributed by atoms with Gasteiger partial charge in [-0.05, 0) is 56.3 Å². The molecule has 0 unspecified atom stereocenters. The predicted molar refractivity (Wildman–Crippen MR) is 126 cm³/mol. The van der Waals surface area contributed by atoms with Gasteiger partial charge in [0.2, 0.25) is 0 Å². The summed E-state index contributed by atoms with van der Waals surface area (Å²) in [6.45, 7) is 3.37. The van der Waals surface area contributed by atoms with Crippen LogP contribution in [-0.2, 0) is 10.0 Å². The third kappa shape index (κ3) is 4.68. The molecule has 3 aromatic carbocycles. The largest absolute Gasteiger partial charge is 0.298 e. The Kier molecular flexibility index (Phi) is 5.77. The quantitative estimate of drug-likeness (QED) is 0.396. The molecule has 1 aromatic heterocycles. The van der Waals surface area contributed by atoms with Crippen LogP contribution >= 0.6 is 11.3 Å². The maximum absolute atomic E-state index is 12.7. The van der Waals surface area contributed by atoms with Crippen molar-refractivity contribution >= 4 is 54.1 Å². The third-order valence-electron chi connectivity index (χ3n) is 4.75. The molecule has 4 rings (SSSR count). The summed E-state index contributed by atoms with van der Waals surface area (Å²) in [5.41, 5.74) is 2.93. The maximum Gasteiger partial charge on any atom is 0.261 e. The van der Waals surface area contributed by atoms with Gasteiger partial charge in [-0.2, -0.15) is 0 Å². The normalized spacial score (nSPS) is 11.3. The molecule has 2 N–H and O–H groups in total. The summed E-state index contributed by atoms with van der Waals surface area (Å²) in [6, 6.07) is 17.9. The summed E-state index contributed by atoms with van der Waals surface area (Å²) < 4.78 is 28.7. The number of rotatable bonds is 6. The van der Waals surface area contributed by atoms with Crippen LogP contribution in [0.1, 0.15) is 33.2 Å². The molecule has 0 radical (unpaired) electrons. The highest BCUT2D eigenvalue weighted by Crippen LogP contribution is 2.29. The lowest BCUT2D eigenvalue weighted by molar-refractivity contribution is 0.101. The average Bonchev–Trinajstić information content (AvgIpc) is 3.15. The van der Waals surface area contributed by atoms with E-state index < -0.39 is 10.0 Å². The van der Waals surface area contributed by atoms with Gasteiger partial charge in [0.1, 0.15) is 0 Å². The molecule has 4 aromatic rings. The number of carbonyl (C=O) groups is 2. The first-order chi connectivity index (χ1) is 15.2. The molecular formula is C23H19N3O4S2. The van der Waals surface area contributed by atoms with Gasteiger partial charge in [0.15, 0.2) is 10.9 Å². The van der Waals surface area contributed by atoms with E-state index >= 15 is 0 Å². The van der Waals surface area contributed by atoms with Crippen LogP contribution in [0.4, 0.5) is 10.8 Å². The molecule has 0 aliphatic heterocycles. The smallest absolute Gasteiger partial charge is 0.261 e. The van der Waals surface area contributed by atoms with E-state index in [0.717, 1.165) is 10.3 Å². The second kappa shape index (κ2) is 8.52. The zero-order chi connectivity index (χ0) is 22.9. The Morgan fingerprint density at radius 1 is 0.906 bits per heavy atom. The molecule has 32 heavy (non-hydrogen) atoms. The van der Waals surface area contributed by atoms with Crippen LogP contribution in [0.3, 0.4) is 0 Å². The van der Waals surface area contributed by atoms with Gasteiger partial charge in [0.25, 0.3) is 15.9 Å². The van der Waals surface area contributed by atoms with E-state index in [1.54, 1.807) is 30.3 Å². The van der Waals surface area contributed by atoms with E-state index in [9.17, 15) is 18.0 Å². The standard InChI is InChI=1S/C23H19N3O4S2/c1-14-3-5-17(6-4-14)22(28)25-23-24-20-13-18(9-12-21(20)31-23)26-32(29,30)19-10-7-16(8-11-19)15(2)27/h3-13,26H,1-2H3,(H,24,25,28). The first kappa shape index (κ1) is 21.7. The minimum atomic E-state index is -3.83. The van der Waals surface area contributed by atoms with E-state index in [1.165, 1.54) is 42.5 Å². The first-order valence-electron chi connectivity index (χ1n) is 9.64. The highest BCUT2D eigenvalue weighted by atomic mass is 32.2. The number of hydrogen-bond acceptors (Lipinski definition) is 6. The van der Waals surface area contributed by atoms with Gasteiger partial charge in [-0.1, -0.05) is 41.2 Å². The number of benzene rings is 3. The fraction of sp³-hybridized carbons (Fsp3) is 0.0870. The number of aryl methyl sites for hydroxylation is 1. The van der Waals surface area contributed by atoms with Gasteiger partial charge < -0.3 is 0 Å². The second-order valence-electron chi connectivity index (χ2n) is 7.21. The number of nitrogens with one attached hydrogen (secondary N) is 2.